The highest BCUT2D eigenvalue weighted by atomic mass is 35.5. The summed E-state index contributed by atoms with van der Waals surface area (Å²) in [5.41, 5.74) is 1.72. The maximum Gasteiger partial charge on any atom is 0.338 e. The van der Waals surface area contributed by atoms with Crippen LogP contribution >= 0.6 is 23.2 Å². The van der Waals surface area contributed by atoms with Crippen LogP contribution in [-0.2, 0) is 14.6 Å². The Kier molecular flexibility index (Phi) is 5.04. The Morgan fingerprint density at radius 1 is 1.09 bits per heavy atom. The van der Waals surface area contributed by atoms with E-state index in [1.54, 1.807) is 25.1 Å². The highest BCUT2D eigenvalue weighted by Gasteiger charge is 2.21. The fraction of sp³-hybridized carbons (Fsp3) is 0.188. The minimum Gasteiger partial charge on any atom is -0.465 e. The number of esters is 1. The van der Waals surface area contributed by atoms with Crippen LogP contribution in [0.3, 0.4) is 0 Å². The van der Waals surface area contributed by atoms with Crippen LogP contribution in [-0.4, -0.2) is 27.8 Å². The van der Waals surface area contributed by atoms with E-state index < -0.39 is 15.8 Å². The lowest BCUT2D eigenvalue weighted by molar-refractivity contribution is 0.0599. The van der Waals surface area contributed by atoms with Crippen LogP contribution in [0.1, 0.15) is 15.9 Å². The van der Waals surface area contributed by atoms with Gasteiger partial charge in [-0.1, -0.05) is 29.3 Å². The first-order valence-electron chi connectivity index (χ1n) is 6.53. The summed E-state index contributed by atoms with van der Waals surface area (Å²) in [5, 5.41) is 0.773. The zero-order valence-corrected chi connectivity index (χ0v) is 15.0. The molecule has 0 radical (unpaired) electrons. The smallest absolute Gasteiger partial charge is 0.338 e. The second-order valence-corrected chi connectivity index (χ2v) is 7.88. The quantitative estimate of drug-likeness (QED) is 0.758. The lowest BCUT2D eigenvalue weighted by Gasteiger charge is -2.14. The van der Waals surface area contributed by atoms with Crippen molar-refractivity contribution in [2.75, 3.05) is 13.4 Å². The molecule has 0 amide bonds. The zero-order chi connectivity index (χ0) is 17.4. The number of carbonyl (C=O) groups is 1. The second kappa shape index (κ2) is 6.51. The van der Waals surface area contributed by atoms with Gasteiger partial charge in [0, 0.05) is 27.4 Å². The molecule has 0 spiro atoms. The van der Waals surface area contributed by atoms with Crippen LogP contribution in [0, 0.1) is 6.92 Å². The minimum atomic E-state index is -3.59. The van der Waals surface area contributed by atoms with Crippen LogP contribution in [0.4, 0.5) is 0 Å². The van der Waals surface area contributed by atoms with Crippen molar-refractivity contribution in [1.82, 2.24) is 0 Å². The topological polar surface area (TPSA) is 60.4 Å². The zero-order valence-electron chi connectivity index (χ0n) is 12.7. The van der Waals surface area contributed by atoms with Gasteiger partial charge in [-0.05, 0) is 36.8 Å². The maximum atomic E-state index is 12.2. The van der Waals surface area contributed by atoms with Crippen molar-refractivity contribution in [3.8, 4) is 11.1 Å². The number of ether oxygens (including phenoxy) is 1. The molecule has 0 heterocycles. The largest absolute Gasteiger partial charge is 0.465 e. The Balaban J connectivity index is 2.83. The molecular formula is C16H14Cl2O4S. The number of halogens is 2. The normalized spacial score (nSPS) is 11.3. The van der Waals surface area contributed by atoms with E-state index in [-0.39, 0.29) is 10.5 Å². The van der Waals surface area contributed by atoms with Gasteiger partial charge in [0.15, 0.2) is 9.84 Å². The van der Waals surface area contributed by atoms with Gasteiger partial charge >= 0.3 is 5.97 Å². The third kappa shape index (κ3) is 3.68. The number of aryl methyl sites for hydroxylation is 1. The predicted octanol–water partition coefficient (Wildman–Crippen LogP) is 4.16. The lowest BCUT2D eigenvalue weighted by atomic mass is 9.99. The van der Waals surface area contributed by atoms with Crippen LogP contribution in [0.15, 0.2) is 35.2 Å². The number of benzene rings is 2. The maximum absolute atomic E-state index is 12.2. The van der Waals surface area contributed by atoms with Crippen LogP contribution in [0.2, 0.25) is 10.0 Å². The molecule has 122 valence electrons. The summed E-state index contributed by atoms with van der Waals surface area (Å²) in [6, 6.07) is 7.73. The van der Waals surface area contributed by atoms with Gasteiger partial charge in [-0.2, -0.15) is 0 Å². The Morgan fingerprint density at radius 3 is 2.26 bits per heavy atom. The first kappa shape index (κ1) is 17.8. The number of hydrogen-bond donors (Lipinski definition) is 0. The molecule has 0 fully saturated rings. The minimum absolute atomic E-state index is 0.00715. The van der Waals surface area contributed by atoms with E-state index in [1.165, 1.54) is 19.2 Å². The van der Waals surface area contributed by atoms with Crippen molar-refractivity contribution >= 4 is 39.0 Å². The fourth-order valence-electron chi connectivity index (χ4n) is 2.24. The van der Waals surface area contributed by atoms with Crippen LogP contribution < -0.4 is 0 Å². The molecule has 0 saturated heterocycles. The third-order valence-corrected chi connectivity index (χ3v) is 5.04. The highest BCUT2D eigenvalue weighted by Crippen LogP contribution is 2.36. The number of methoxy groups -OCH3 is 1. The number of carbonyl (C=O) groups excluding carboxylic acids is 1. The lowest BCUT2D eigenvalue weighted by Crippen LogP contribution is -2.08. The molecule has 4 nitrogen and oxygen atoms in total. The fourth-order valence-corrected chi connectivity index (χ4v) is 3.65. The monoisotopic (exact) mass is 372 g/mol. The Labute approximate surface area is 144 Å². The van der Waals surface area contributed by atoms with Gasteiger partial charge in [-0.3, -0.25) is 0 Å². The van der Waals surface area contributed by atoms with E-state index in [0.29, 0.717) is 26.7 Å². The average molecular weight is 373 g/mol. The molecule has 0 aromatic heterocycles. The predicted molar refractivity (Wildman–Crippen MR) is 91.1 cm³/mol. The molecule has 2 aromatic carbocycles. The first-order valence-corrected chi connectivity index (χ1v) is 9.18. The van der Waals surface area contributed by atoms with Gasteiger partial charge in [0.2, 0.25) is 0 Å². The van der Waals surface area contributed by atoms with Gasteiger partial charge in [0.05, 0.1) is 17.6 Å². The summed E-state index contributed by atoms with van der Waals surface area (Å²) in [4.78, 5) is 11.8. The van der Waals surface area contributed by atoms with E-state index >= 15 is 0 Å². The van der Waals surface area contributed by atoms with Crippen LogP contribution in [0.25, 0.3) is 11.1 Å². The summed E-state index contributed by atoms with van der Waals surface area (Å²) < 4.78 is 29.0. The first-order chi connectivity index (χ1) is 10.6. The molecule has 0 bridgehead atoms. The average Bonchev–Trinajstić information content (AvgIpc) is 2.45. The summed E-state index contributed by atoms with van der Waals surface area (Å²) in [6.45, 7) is 1.70. The van der Waals surface area contributed by atoms with Crippen molar-refractivity contribution in [3.05, 3.63) is 51.5 Å². The number of hydrogen-bond acceptors (Lipinski definition) is 4. The second-order valence-electron chi connectivity index (χ2n) is 5.05. The van der Waals surface area contributed by atoms with Crippen molar-refractivity contribution in [1.29, 1.82) is 0 Å². The van der Waals surface area contributed by atoms with Crippen molar-refractivity contribution in [3.63, 3.8) is 0 Å². The van der Waals surface area contributed by atoms with E-state index in [4.69, 9.17) is 27.9 Å². The summed E-state index contributed by atoms with van der Waals surface area (Å²) in [6.07, 6.45) is 1.08. The van der Waals surface area contributed by atoms with Crippen molar-refractivity contribution in [2.24, 2.45) is 0 Å². The molecule has 0 aliphatic carbocycles. The molecule has 2 rings (SSSR count). The Morgan fingerprint density at radius 2 is 1.74 bits per heavy atom. The van der Waals surface area contributed by atoms with E-state index in [0.717, 1.165) is 6.26 Å². The highest BCUT2D eigenvalue weighted by molar-refractivity contribution is 7.90. The molecule has 2 aromatic rings. The Bertz CT molecular complexity index is 889. The molecule has 7 heteroatoms. The summed E-state index contributed by atoms with van der Waals surface area (Å²) >= 11 is 12.1. The summed E-state index contributed by atoms with van der Waals surface area (Å²) in [7, 11) is -2.35. The van der Waals surface area contributed by atoms with E-state index in [9.17, 15) is 13.2 Å². The molecule has 0 aliphatic heterocycles. The standard InChI is InChI=1S/C16H14Cl2O4S/c1-9-6-13(11-5-4-10(17)7-14(11)18)15(23(3,20)21)8-12(9)16(19)22-2/h4-8H,1-3H3. The number of rotatable bonds is 3. The summed E-state index contributed by atoms with van der Waals surface area (Å²) in [5.74, 6) is -0.596. The Hall–Kier alpha value is -1.56. The van der Waals surface area contributed by atoms with Gasteiger partial charge < -0.3 is 4.74 Å². The third-order valence-electron chi connectivity index (χ3n) is 3.35. The molecule has 0 atom stereocenters. The van der Waals surface area contributed by atoms with Gasteiger partial charge in [-0.15, -0.1) is 0 Å². The van der Waals surface area contributed by atoms with Gasteiger partial charge in [-0.25, -0.2) is 13.2 Å². The SMILES string of the molecule is COC(=O)c1cc(S(C)(=O)=O)c(-c2ccc(Cl)cc2Cl)cc1C. The molecular weight excluding hydrogens is 359 g/mol. The van der Waals surface area contributed by atoms with Gasteiger partial charge in [0.1, 0.15) is 0 Å². The van der Waals surface area contributed by atoms with E-state index in [1.807, 2.05) is 0 Å². The van der Waals surface area contributed by atoms with Crippen LogP contribution in [0.5, 0.6) is 0 Å². The molecule has 0 unspecified atom stereocenters. The molecule has 23 heavy (non-hydrogen) atoms. The number of sulfone groups is 1. The van der Waals surface area contributed by atoms with Crippen molar-refractivity contribution in [2.45, 2.75) is 11.8 Å². The molecule has 0 aliphatic rings. The van der Waals surface area contributed by atoms with E-state index in [2.05, 4.69) is 0 Å². The molecule has 0 N–H and O–H groups in total. The van der Waals surface area contributed by atoms with Crippen molar-refractivity contribution < 1.29 is 17.9 Å². The molecule has 0 saturated carbocycles. The van der Waals surface area contributed by atoms with Gasteiger partial charge in [0.25, 0.3) is 0 Å².